The first kappa shape index (κ1) is 8.05. The molecule has 1 aromatic rings. The lowest BCUT2D eigenvalue weighted by Crippen LogP contribution is -2.06. The fourth-order valence-corrected chi connectivity index (χ4v) is 0.783. The Balaban J connectivity index is 2.78. The lowest BCUT2D eigenvalue weighted by molar-refractivity contribution is 0.241. The van der Waals surface area contributed by atoms with Gasteiger partial charge in [-0.15, -0.1) is 0 Å². The Morgan fingerprint density at radius 2 is 2.27 bits per heavy atom. The monoisotopic (exact) mass is 150 g/mol. The summed E-state index contributed by atoms with van der Waals surface area (Å²) < 4.78 is 5.44. The van der Waals surface area contributed by atoms with E-state index >= 15 is 0 Å². The molecule has 0 atom stereocenters. The molecule has 0 fully saturated rings. The summed E-state index contributed by atoms with van der Waals surface area (Å²) in [6.07, 6.45) is 3.59. The Morgan fingerprint density at radius 1 is 1.55 bits per heavy atom. The van der Waals surface area contributed by atoms with Gasteiger partial charge in [-0.05, 0) is 26.8 Å². The molecule has 0 bridgehead atoms. The highest BCUT2D eigenvalue weighted by atomic mass is 16.5. The predicted molar refractivity (Wildman–Crippen MR) is 44.5 cm³/mol. The molecule has 0 amide bonds. The molecule has 0 aliphatic carbocycles. The molecule has 0 aliphatic rings. The Kier molecular flexibility index (Phi) is 2.47. The number of ether oxygens (including phenoxy) is 1. The van der Waals surface area contributed by atoms with Gasteiger partial charge in [0, 0.05) is 18.0 Å². The van der Waals surface area contributed by atoms with Crippen LogP contribution >= 0.6 is 0 Å². The summed E-state index contributed by atoms with van der Waals surface area (Å²) in [6.45, 7) is 7.76. The number of hydrogen-bond donors (Lipinski definition) is 0. The summed E-state index contributed by atoms with van der Waals surface area (Å²) in [5.74, 6) is 0.815. The molecular formula is C9H12NO. The summed E-state index contributed by atoms with van der Waals surface area (Å²) in [7, 11) is 0. The van der Waals surface area contributed by atoms with E-state index in [0.717, 1.165) is 11.3 Å². The van der Waals surface area contributed by atoms with Crippen molar-refractivity contribution in [3.63, 3.8) is 0 Å². The van der Waals surface area contributed by atoms with Gasteiger partial charge in [-0.1, -0.05) is 0 Å². The molecular weight excluding hydrogens is 138 g/mol. The largest absolute Gasteiger partial charge is 0.491 e. The Morgan fingerprint density at radius 3 is 2.82 bits per heavy atom. The van der Waals surface area contributed by atoms with E-state index in [-0.39, 0.29) is 6.10 Å². The third kappa shape index (κ3) is 2.22. The van der Waals surface area contributed by atoms with E-state index in [0.29, 0.717) is 0 Å². The van der Waals surface area contributed by atoms with Crippen LogP contribution in [0.25, 0.3) is 0 Å². The standard InChI is InChI=1S/C9H12NO/c1-7(2)11-9-4-5-10-6-8(9)3/h4-7H,3H2,1-2H3. The highest BCUT2D eigenvalue weighted by molar-refractivity contribution is 5.32. The lowest BCUT2D eigenvalue weighted by Gasteiger charge is -2.10. The van der Waals surface area contributed by atoms with Crippen molar-refractivity contribution >= 4 is 0 Å². The lowest BCUT2D eigenvalue weighted by atomic mass is 10.3. The maximum Gasteiger partial charge on any atom is 0.125 e. The second kappa shape index (κ2) is 3.37. The Hall–Kier alpha value is -1.05. The molecule has 0 saturated heterocycles. The minimum absolute atomic E-state index is 0.192. The summed E-state index contributed by atoms with van der Waals surface area (Å²) >= 11 is 0. The average molecular weight is 150 g/mol. The molecule has 0 saturated carbocycles. The molecule has 0 aromatic carbocycles. The van der Waals surface area contributed by atoms with Crippen molar-refractivity contribution in [1.29, 1.82) is 0 Å². The molecule has 0 unspecified atom stereocenters. The summed E-state index contributed by atoms with van der Waals surface area (Å²) in [5, 5.41) is 0. The minimum Gasteiger partial charge on any atom is -0.491 e. The topological polar surface area (TPSA) is 22.1 Å². The highest BCUT2D eigenvalue weighted by Gasteiger charge is 1.99. The van der Waals surface area contributed by atoms with E-state index in [9.17, 15) is 0 Å². The number of hydrogen-bond acceptors (Lipinski definition) is 2. The average Bonchev–Trinajstić information content (AvgIpc) is 1.93. The van der Waals surface area contributed by atoms with Crippen molar-refractivity contribution in [2.45, 2.75) is 20.0 Å². The fourth-order valence-electron chi connectivity index (χ4n) is 0.783. The van der Waals surface area contributed by atoms with Crippen molar-refractivity contribution in [3.05, 3.63) is 30.9 Å². The van der Waals surface area contributed by atoms with E-state index in [2.05, 4.69) is 11.9 Å². The quantitative estimate of drug-likeness (QED) is 0.643. The van der Waals surface area contributed by atoms with Crippen LogP contribution in [0.2, 0.25) is 0 Å². The normalized spacial score (nSPS) is 10.2. The Labute approximate surface area is 67.2 Å². The van der Waals surface area contributed by atoms with Gasteiger partial charge < -0.3 is 4.74 Å². The molecule has 1 heterocycles. The smallest absolute Gasteiger partial charge is 0.125 e. The molecule has 1 radical (unpaired) electrons. The van der Waals surface area contributed by atoms with Crippen molar-refractivity contribution in [2.24, 2.45) is 0 Å². The molecule has 0 spiro atoms. The number of rotatable bonds is 2. The second-order valence-corrected chi connectivity index (χ2v) is 2.65. The molecule has 59 valence electrons. The fraction of sp³-hybridized carbons (Fsp3) is 0.333. The first-order chi connectivity index (χ1) is 5.20. The van der Waals surface area contributed by atoms with Crippen LogP contribution in [0.5, 0.6) is 5.75 Å². The van der Waals surface area contributed by atoms with Gasteiger partial charge in [0.05, 0.1) is 6.10 Å². The summed E-state index contributed by atoms with van der Waals surface area (Å²) in [6, 6.07) is 1.82. The van der Waals surface area contributed by atoms with E-state index in [1.807, 2.05) is 19.9 Å². The van der Waals surface area contributed by atoms with Crippen molar-refractivity contribution in [3.8, 4) is 5.75 Å². The van der Waals surface area contributed by atoms with Gasteiger partial charge in [0.2, 0.25) is 0 Å². The van der Waals surface area contributed by atoms with Gasteiger partial charge in [0.1, 0.15) is 5.75 Å². The van der Waals surface area contributed by atoms with Crippen LogP contribution in [0.4, 0.5) is 0 Å². The first-order valence-electron chi connectivity index (χ1n) is 3.63. The maximum absolute atomic E-state index is 5.44. The van der Waals surface area contributed by atoms with Gasteiger partial charge in [-0.2, -0.15) is 0 Å². The Bertz CT molecular complexity index is 233. The molecule has 0 N–H and O–H groups in total. The summed E-state index contributed by atoms with van der Waals surface area (Å²) in [4.78, 5) is 3.91. The van der Waals surface area contributed by atoms with E-state index in [1.165, 1.54) is 0 Å². The summed E-state index contributed by atoms with van der Waals surface area (Å²) in [5.41, 5.74) is 0.834. The van der Waals surface area contributed by atoms with Crippen LogP contribution in [-0.2, 0) is 0 Å². The van der Waals surface area contributed by atoms with Crippen LogP contribution in [0.15, 0.2) is 18.5 Å². The van der Waals surface area contributed by atoms with E-state index in [1.54, 1.807) is 12.4 Å². The SMILES string of the molecule is [CH2]c1cnccc1OC(C)C. The minimum atomic E-state index is 0.192. The molecule has 2 heteroatoms. The van der Waals surface area contributed by atoms with E-state index < -0.39 is 0 Å². The maximum atomic E-state index is 5.44. The van der Waals surface area contributed by atoms with Crippen molar-refractivity contribution in [1.82, 2.24) is 4.98 Å². The van der Waals surface area contributed by atoms with Gasteiger partial charge in [0.15, 0.2) is 0 Å². The van der Waals surface area contributed by atoms with E-state index in [4.69, 9.17) is 4.74 Å². The molecule has 2 nitrogen and oxygen atoms in total. The molecule has 1 rings (SSSR count). The molecule has 11 heavy (non-hydrogen) atoms. The van der Waals surface area contributed by atoms with Crippen LogP contribution in [-0.4, -0.2) is 11.1 Å². The first-order valence-corrected chi connectivity index (χ1v) is 3.63. The zero-order valence-electron chi connectivity index (χ0n) is 6.87. The molecule has 1 aromatic heterocycles. The second-order valence-electron chi connectivity index (χ2n) is 2.65. The van der Waals surface area contributed by atoms with Gasteiger partial charge >= 0.3 is 0 Å². The van der Waals surface area contributed by atoms with Crippen LogP contribution in [0, 0.1) is 6.92 Å². The van der Waals surface area contributed by atoms with Crippen molar-refractivity contribution < 1.29 is 4.74 Å². The third-order valence-corrected chi connectivity index (χ3v) is 1.22. The van der Waals surface area contributed by atoms with Crippen LogP contribution in [0.3, 0.4) is 0 Å². The molecule has 0 aliphatic heterocycles. The van der Waals surface area contributed by atoms with Crippen molar-refractivity contribution in [2.75, 3.05) is 0 Å². The predicted octanol–water partition coefficient (Wildman–Crippen LogP) is 2.05. The van der Waals surface area contributed by atoms with Gasteiger partial charge in [-0.25, -0.2) is 0 Å². The van der Waals surface area contributed by atoms with Gasteiger partial charge in [0.25, 0.3) is 0 Å². The highest BCUT2D eigenvalue weighted by Crippen LogP contribution is 2.15. The van der Waals surface area contributed by atoms with Crippen LogP contribution in [0.1, 0.15) is 19.4 Å². The zero-order chi connectivity index (χ0) is 8.27. The zero-order valence-corrected chi connectivity index (χ0v) is 6.87. The number of nitrogens with zero attached hydrogens (tertiary/aromatic N) is 1. The van der Waals surface area contributed by atoms with Gasteiger partial charge in [-0.3, -0.25) is 4.98 Å². The number of aromatic nitrogens is 1. The number of pyridine rings is 1. The van der Waals surface area contributed by atoms with Crippen LogP contribution < -0.4 is 4.74 Å². The third-order valence-electron chi connectivity index (χ3n) is 1.22.